The summed E-state index contributed by atoms with van der Waals surface area (Å²) in [6.07, 6.45) is 2.96. The number of nitrogens with two attached hydrogens (primary N) is 1. The molecule has 1 saturated carbocycles. The van der Waals surface area contributed by atoms with E-state index in [2.05, 4.69) is 0 Å². The van der Waals surface area contributed by atoms with E-state index in [0.29, 0.717) is 19.4 Å². The van der Waals surface area contributed by atoms with Crippen LogP contribution in [0.5, 0.6) is 0 Å². The number of halogens is 2. The van der Waals surface area contributed by atoms with Crippen LogP contribution in [-0.2, 0) is 4.74 Å². The van der Waals surface area contributed by atoms with Gasteiger partial charge in [-0.1, -0.05) is 0 Å². The van der Waals surface area contributed by atoms with Gasteiger partial charge in [0, 0.05) is 32.6 Å². The standard InChI is InChI=1S/C11H21F2NO/c1-15-8-2-3-10(14)9-4-6-11(12,13)7-5-9/h9-10H,2-8,14H2,1H3. The zero-order valence-corrected chi connectivity index (χ0v) is 9.35. The molecule has 1 aliphatic rings. The van der Waals surface area contributed by atoms with E-state index in [1.54, 1.807) is 7.11 Å². The Morgan fingerprint density at radius 2 is 2.00 bits per heavy atom. The fraction of sp³-hybridized carbons (Fsp3) is 1.00. The Labute approximate surface area is 90.2 Å². The summed E-state index contributed by atoms with van der Waals surface area (Å²) in [7, 11) is 1.66. The number of rotatable bonds is 5. The number of hydrogen-bond donors (Lipinski definition) is 1. The predicted molar refractivity (Wildman–Crippen MR) is 56.0 cm³/mol. The monoisotopic (exact) mass is 221 g/mol. The fourth-order valence-corrected chi connectivity index (χ4v) is 2.19. The zero-order valence-electron chi connectivity index (χ0n) is 9.35. The number of methoxy groups -OCH3 is 1. The van der Waals surface area contributed by atoms with E-state index in [1.165, 1.54) is 0 Å². The van der Waals surface area contributed by atoms with Crippen LogP contribution in [0.15, 0.2) is 0 Å². The Bertz CT molecular complexity index is 177. The van der Waals surface area contributed by atoms with Crippen molar-refractivity contribution < 1.29 is 13.5 Å². The van der Waals surface area contributed by atoms with Gasteiger partial charge < -0.3 is 10.5 Å². The van der Waals surface area contributed by atoms with Gasteiger partial charge in [-0.15, -0.1) is 0 Å². The fourth-order valence-electron chi connectivity index (χ4n) is 2.19. The highest BCUT2D eigenvalue weighted by Crippen LogP contribution is 2.37. The first-order chi connectivity index (χ1) is 7.05. The minimum atomic E-state index is -2.44. The zero-order chi connectivity index (χ0) is 11.3. The molecule has 15 heavy (non-hydrogen) atoms. The molecule has 2 N–H and O–H groups in total. The van der Waals surface area contributed by atoms with Gasteiger partial charge in [0.2, 0.25) is 5.92 Å². The van der Waals surface area contributed by atoms with E-state index in [4.69, 9.17) is 10.5 Å². The van der Waals surface area contributed by atoms with Gasteiger partial charge in [0.25, 0.3) is 0 Å². The summed E-state index contributed by atoms with van der Waals surface area (Å²) >= 11 is 0. The molecule has 0 aromatic carbocycles. The molecule has 0 amide bonds. The highest BCUT2D eigenvalue weighted by atomic mass is 19.3. The van der Waals surface area contributed by atoms with E-state index in [1.807, 2.05) is 0 Å². The van der Waals surface area contributed by atoms with Crippen molar-refractivity contribution >= 4 is 0 Å². The van der Waals surface area contributed by atoms with E-state index >= 15 is 0 Å². The quantitative estimate of drug-likeness (QED) is 0.724. The van der Waals surface area contributed by atoms with E-state index < -0.39 is 5.92 Å². The van der Waals surface area contributed by atoms with Gasteiger partial charge in [-0.2, -0.15) is 0 Å². The lowest BCUT2D eigenvalue weighted by Crippen LogP contribution is -2.36. The second-order valence-corrected chi connectivity index (χ2v) is 4.49. The topological polar surface area (TPSA) is 35.2 Å². The van der Waals surface area contributed by atoms with E-state index in [-0.39, 0.29) is 24.8 Å². The van der Waals surface area contributed by atoms with Gasteiger partial charge in [0.15, 0.2) is 0 Å². The van der Waals surface area contributed by atoms with Crippen molar-refractivity contribution in [3.8, 4) is 0 Å². The summed E-state index contributed by atoms with van der Waals surface area (Å²) in [6, 6.07) is 0.0660. The normalized spacial score (nSPS) is 24.0. The van der Waals surface area contributed by atoms with Crippen molar-refractivity contribution in [3.05, 3.63) is 0 Å². The summed E-state index contributed by atoms with van der Waals surface area (Å²) in [5.41, 5.74) is 5.98. The molecular formula is C11H21F2NO. The van der Waals surface area contributed by atoms with Crippen LogP contribution < -0.4 is 5.73 Å². The highest BCUT2D eigenvalue weighted by molar-refractivity contribution is 4.83. The maximum absolute atomic E-state index is 12.9. The van der Waals surface area contributed by atoms with Crippen molar-refractivity contribution in [2.75, 3.05) is 13.7 Å². The summed E-state index contributed by atoms with van der Waals surface area (Å²) in [5, 5.41) is 0. The molecule has 1 atom stereocenters. The maximum atomic E-state index is 12.9. The molecule has 0 saturated heterocycles. The molecule has 1 aliphatic carbocycles. The molecule has 0 radical (unpaired) electrons. The molecule has 1 rings (SSSR count). The SMILES string of the molecule is COCCCC(N)C1CCC(F)(F)CC1. The van der Waals surface area contributed by atoms with Crippen molar-refractivity contribution in [2.24, 2.45) is 11.7 Å². The Hall–Kier alpha value is -0.220. The molecule has 1 fully saturated rings. The molecule has 0 aromatic rings. The van der Waals surface area contributed by atoms with Crippen LogP contribution in [0.25, 0.3) is 0 Å². The number of alkyl halides is 2. The lowest BCUT2D eigenvalue weighted by molar-refractivity contribution is -0.0486. The van der Waals surface area contributed by atoms with Gasteiger partial charge in [-0.3, -0.25) is 0 Å². The molecule has 4 heteroatoms. The largest absolute Gasteiger partial charge is 0.385 e. The van der Waals surface area contributed by atoms with Crippen LogP contribution in [0.4, 0.5) is 8.78 Å². The van der Waals surface area contributed by atoms with Crippen molar-refractivity contribution in [1.29, 1.82) is 0 Å². The first-order valence-electron chi connectivity index (χ1n) is 5.67. The molecule has 0 spiro atoms. The molecule has 0 aromatic heterocycles. The van der Waals surface area contributed by atoms with Gasteiger partial charge in [-0.25, -0.2) is 8.78 Å². The molecular weight excluding hydrogens is 200 g/mol. The third kappa shape index (κ3) is 4.43. The lowest BCUT2D eigenvalue weighted by atomic mass is 9.81. The van der Waals surface area contributed by atoms with Crippen LogP contribution in [0, 0.1) is 5.92 Å². The minimum absolute atomic E-state index is 0.00957. The Morgan fingerprint density at radius 3 is 2.53 bits per heavy atom. The van der Waals surface area contributed by atoms with Gasteiger partial charge in [0.05, 0.1) is 0 Å². The van der Waals surface area contributed by atoms with Crippen molar-refractivity contribution in [3.63, 3.8) is 0 Å². The molecule has 1 unspecified atom stereocenters. The van der Waals surface area contributed by atoms with Gasteiger partial charge >= 0.3 is 0 Å². The molecule has 90 valence electrons. The second-order valence-electron chi connectivity index (χ2n) is 4.49. The highest BCUT2D eigenvalue weighted by Gasteiger charge is 2.36. The Morgan fingerprint density at radius 1 is 1.40 bits per heavy atom. The van der Waals surface area contributed by atoms with Crippen LogP contribution in [-0.4, -0.2) is 25.7 Å². The third-order valence-electron chi connectivity index (χ3n) is 3.25. The first-order valence-corrected chi connectivity index (χ1v) is 5.67. The minimum Gasteiger partial charge on any atom is -0.385 e. The molecule has 0 aliphatic heterocycles. The first kappa shape index (κ1) is 12.8. The third-order valence-corrected chi connectivity index (χ3v) is 3.25. The molecule has 0 bridgehead atoms. The van der Waals surface area contributed by atoms with Crippen molar-refractivity contribution in [2.45, 2.75) is 50.5 Å². The van der Waals surface area contributed by atoms with E-state index in [9.17, 15) is 8.78 Å². The summed E-state index contributed by atoms with van der Waals surface area (Å²) in [4.78, 5) is 0. The lowest BCUT2D eigenvalue weighted by Gasteiger charge is -2.31. The maximum Gasteiger partial charge on any atom is 0.248 e. The average molecular weight is 221 g/mol. The molecule has 2 nitrogen and oxygen atoms in total. The predicted octanol–water partition coefficient (Wildman–Crippen LogP) is 2.57. The smallest absolute Gasteiger partial charge is 0.248 e. The van der Waals surface area contributed by atoms with Crippen molar-refractivity contribution in [1.82, 2.24) is 0 Å². The molecule has 0 heterocycles. The Kier molecular flexibility index (Phi) is 4.93. The van der Waals surface area contributed by atoms with Crippen LogP contribution in [0.2, 0.25) is 0 Å². The van der Waals surface area contributed by atoms with Gasteiger partial charge in [0.1, 0.15) is 0 Å². The second kappa shape index (κ2) is 5.75. The van der Waals surface area contributed by atoms with Gasteiger partial charge in [-0.05, 0) is 31.6 Å². The van der Waals surface area contributed by atoms with E-state index in [0.717, 1.165) is 12.8 Å². The van der Waals surface area contributed by atoms with Crippen LogP contribution in [0.3, 0.4) is 0 Å². The summed E-state index contributed by atoms with van der Waals surface area (Å²) in [6.45, 7) is 0.705. The Balaban J connectivity index is 2.21. The average Bonchev–Trinajstić information content (AvgIpc) is 2.18. The summed E-state index contributed by atoms with van der Waals surface area (Å²) in [5.74, 6) is -2.16. The number of hydrogen-bond acceptors (Lipinski definition) is 2. The van der Waals surface area contributed by atoms with Crippen LogP contribution in [0.1, 0.15) is 38.5 Å². The van der Waals surface area contributed by atoms with Crippen LogP contribution >= 0.6 is 0 Å². The summed E-state index contributed by atoms with van der Waals surface area (Å²) < 4.78 is 30.7. The number of ether oxygens (including phenoxy) is 1.